The zero-order valence-corrected chi connectivity index (χ0v) is 7.85. The maximum absolute atomic E-state index is 10.5. The van der Waals surface area contributed by atoms with Crippen molar-refractivity contribution in [3.8, 4) is 0 Å². The first-order chi connectivity index (χ1) is 4.18. The second kappa shape index (κ2) is 7.02. The van der Waals surface area contributed by atoms with Crippen molar-refractivity contribution in [2.24, 2.45) is 0 Å². The molecule has 63 valence electrons. The van der Waals surface area contributed by atoms with Crippen molar-refractivity contribution < 1.29 is 37.0 Å². The van der Waals surface area contributed by atoms with Crippen LogP contribution in [0.2, 0.25) is 0 Å². The van der Waals surface area contributed by atoms with E-state index in [9.17, 15) is 4.79 Å². The molecule has 0 aromatic heterocycles. The predicted octanol–water partition coefficient (Wildman–Crippen LogP) is 0.0955. The summed E-state index contributed by atoms with van der Waals surface area (Å²) in [6, 6.07) is 0. The molecule has 0 aliphatic carbocycles. The number of esters is 1. The van der Waals surface area contributed by atoms with Gasteiger partial charge < -0.3 is 9.84 Å². The van der Waals surface area contributed by atoms with E-state index < -0.39 is 5.97 Å². The third-order valence-electron chi connectivity index (χ3n) is 0.673. The van der Waals surface area contributed by atoms with Gasteiger partial charge in [0.15, 0.2) is 0 Å². The molecule has 0 amide bonds. The summed E-state index contributed by atoms with van der Waals surface area (Å²) in [6.45, 7) is 4.81. The maximum atomic E-state index is 10.5. The van der Waals surface area contributed by atoms with Crippen LogP contribution in [-0.2, 0) is 31.9 Å². The van der Waals surface area contributed by atoms with Gasteiger partial charge in [0, 0.05) is 28.0 Å². The third-order valence-corrected chi connectivity index (χ3v) is 0.673. The Kier molecular flexibility index (Phi) is 8.83. The molecule has 0 bridgehead atoms. The SMILES string of the molecule is C=C(C)C(=O)OCCO.[Au]. The van der Waals surface area contributed by atoms with Crippen molar-refractivity contribution >= 4 is 5.97 Å². The zero-order chi connectivity index (χ0) is 7.28. The van der Waals surface area contributed by atoms with Crippen molar-refractivity contribution in [2.45, 2.75) is 6.92 Å². The van der Waals surface area contributed by atoms with E-state index in [0.717, 1.165) is 0 Å². The summed E-state index contributed by atoms with van der Waals surface area (Å²) in [5.41, 5.74) is 0.350. The minimum absolute atomic E-state index is 0. The average Bonchev–Trinajstić information content (AvgIpc) is 1.82. The first-order valence-electron chi connectivity index (χ1n) is 2.62. The molecule has 0 aromatic carbocycles. The molecule has 10 heavy (non-hydrogen) atoms. The first kappa shape index (κ1) is 12.6. The quantitative estimate of drug-likeness (QED) is 0.454. The van der Waals surface area contributed by atoms with Crippen LogP contribution in [0.3, 0.4) is 0 Å². The van der Waals surface area contributed by atoms with E-state index in [-0.39, 0.29) is 35.6 Å². The van der Waals surface area contributed by atoms with Crippen LogP contribution < -0.4 is 0 Å². The summed E-state index contributed by atoms with van der Waals surface area (Å²) in [7, 11) is 0. The van der Waals surface area contributed by atoms with Crippen LogP contribution in [0.1, 0.15) is 6.92 Å². The fourth-order valence-electron chi connectivity index (χ4n) is 0.262. The van der Waals surface area contributed by atoms with Gasteiger partial charge in [0.25, 0.3) is 0 Å². The molecule has 0 spiro atoms. The van der Waals surface area contributed by atoms with Crippen LogP contribution in [0.5, 0.6) is 0 Å². The number of hydrogen-bond acceptors (Lipinski definition) is 3. The molecule has 0 heterocycles. The molecular weight excluding hydrogens is 317 g/mol. The van der Waals surface area contributed by atoms with Gasteiger partial charge in [0.1, 0.15) is 6.61 Å². The smallest absolute Gasteiger partial charge is 0.333 e. The summed E-state index contributed by atoms with van der Waals surface area (Å²) >= 11 is 0. The average molecular weight is 327 g/mol. The Labute approximate surface area is 75.6 Å². The molecule has 1 radical (unpaired) electrons. The monoisotopic (exact) mass is 327 g/mol. The van der Waals surface area contributed by atoms with E-state index in [1.54, 1.807) is 6.92 Å². The van der Waals surface area contributed by atoms with Gasteiger partial charge in [0.05, 0.1) is 6.61 Å². The summed E-state index contributed by atoms with van der Waals surface area (Å²) in [4.78, 5) is 10.5. The molecule has 3 nitrogen and oxygen atoms in total. The Morgan fingerprint density at radius 3 is 2.50 bits per heavy atom. The second-order valence-electron chi connectivity index (χ2n) is 1.64. The van der Waals surface area contributed by atoms with Gasteiger partial charge in [-0.05, 0) is 6.92 Å². The van der Waals surface area contributed by atoms with E-state index in [1.807, 2.05) is 0 Å². The second-order valence-corrected chi connectivity index (χ2v) is 1.64. The molecule has 0 aromatic rings. The number of carbonyl (C=O) groups excluding carboxylic acids is 1. The summed E-state index contributed by atoms with van der Waals surface area (Å²) in [6.07, 6.45) is 0. The minimum Gasteiger partial charge on any atom is -0.460 e. The molecule has 0 saturated heterocycles. The number of aliphatic hydroxyl groups excluding tert-OH is 1. The van der Waals surface area contributed by atoms with Crippen LogP contribution in [0.4, 0.5) is 0 Å². The van der Waals surface area contributed by atoms with E-state index in [1.165, 1.54) is 0 Å². The van der Waals surface area contributed by atoms with Gasteiger partial charge in [-0.1, -0.05) is 6.58 Å². The number of aliphatic hydroxyl groups is 1. The zero-order valence-electron chi connectivity index (χ0n) is 5.69. The minimum atomic E-state index is -0.455. The molecule has 4 heteroatoms. The number of hydrogen-bond donors (Lipinski definition) is 1. The van der Waals surface area contributed by atoms with Crippen LogP contribution in [-0.4, -0.2) is 24.3 Å². The largest absolute Gasteiger partial charge is 0.460 e. The molecule has 0 aliphatic heterocycles. The summed E-state index contributed by atoms with van der Waals surface area (Å²) in [5, 5.41) is 8.19. The van der Waals surface area contributed by atoms with Gasteiger partial charge >= 0.3 is 5.97 Å². The number of ether oxygens (including phenoxy) is 1. The molecule has 0 rings (SSSR count). The van der Waals surface area contributed by atoms with Crippen molar-refractivity contribution in [1.82, 2.24) is 0 Å². The van der Waals surface area contributed by atoms with E-state index in [4.69, 9.17) is 5.11 Å². The molecule has 0 aliphatic rings. The van der Waals surface area contributed by atoms with Crippen LogP contribution in [0.25, 0.3) is 0 Å². The van der Waals surface area contributed by atoms with Crippen molar-refractivity contribution in [3.05, 3.63) is 12.2 Å². The van der Waals surface area contributed by atoms with Gasteiger partial charge in [-0.25, -0.2) is 4.79 Å². The van der Waals surface area contributed by atoms with Gasteiger partial charge in [-0.2, -0.15) is 0 Å². The summed E-state index contributed by atoms with van der Waals surface area (Å²) in [5.74, 6) is -0.455. The predicted molar refractivity (Wildman–Crippen MR) is 32.9 cm³/mol. The first-order valence-corrected chi connectivity index (χ1v) is 2.62. The number of rotatable bonds is 3. The fraction of sp³-hybridized carbons (Fsp3) is 0.500. The molecule has 0 saturated carbocycles. The Morgan fingerprint density at radius 2 is 2.20 bits per heavy atom. The van der Waals surface area contributed by atoms with Crippen LogP contribution in [0, 0.1) is 0 Å². The third kappa shape index (κ3) is 6.04. The molecule has 0 atom stereocenters. The van der Waals surface area contributed by atoms with Gasteiger partial charge in [0.2, 0.25) is 0 Å². The van der Waals surface area contributed by atoms with Crippen molar-refractivity contribution in [1.29, 1.82) is 0 Å². The van der Waals surface area contributed by atoms with E-state index >= 15 is 0 Å². The van der Waals surface area contributed by atoms with Gasteiger partial charge in [-0.15, -0.1) is 0 Å². The Bertz CT molecular complexity index is 122. The molecule has 0 unspecified atom stereocenters. The van der Waals surface area contributed by atoms with E-state index in [0.29, 0.717) is 5.57 Å². The molecular formula is C6H10AuO3. The Morgan fingerprint density at radius 1 is 1.70 bits per heavy atom. The Hall–Kier alpha value is -0.0897. The van der Waals surface area contributed by atoms with Crippen molar-refractivity contribution in [2.75, 3.05) is 13.2 Å². The van der Waals surface area contributed by atoms with Gasteiger partial charge in [-0.3, -0.25) is 0 Å². The van der Waals surface area contributed by atoms with E-state index in [2.05, 4.69) is 11.3 Å². The standard InChI is InChI=1S/C6H10O3.Au/c1-5(2)6(8)9-4-3-7;/h7H,1,3-4H2,2H3;. The van der Waals surface area contributed by atoms with Crippen LogP contribution in [0.15, 0.2) is 12.2 Å². The Balaban J connectivity index is 0. The molecule has 0 fully saturated rings. The summed E-state index contributed by atoms with van der Waals surface area (Å²) < 4.78 is 4.46. The van der Waals surface area contributed by atoms with Crippen LogP contribution >= 0.6 is 0 Å². The molecule has 1 N–H and O–H groups in total. The van der Waals surface area contributed by atoms with Crippen molar-refractivity contribution in [3.63, 3.8) is 0 Å². The fourth-order valence-corrected chi connectivity index (χ4v) is 0.262. The number of carbonyl (C=O) groups is 1. The normalized spacial score (nSPS) is 7.80. The maximum Gasteiger partial charge on any atom is 0.333 e. The topological polar surface area (TPSA) is 46.5 Å².